The second kappa shape index (κ2) is 9.25. The fourth-order valence-corrected chi connectivity index (χ4v) is 3.28. The molecule has 1 atom stereocenters. The highest BCUT2D eigenvalue weighted by Gasteiger charge is 2.20. The Morgan fingerprint density at radius 3 is 2.62 bits per heavy atom. The third kappa shape index (κ3) is 5.36. The van der Waals surface area contributed by atoms with E-state index in [0.29, 0.717) is 34.6 Å². The highest BCUT2D eigenvalue weighted by molar-refractivity contribution is 6.39. The number of amides is 2. The number of nitrogens with one attached hydrogen (secondary N) is 2. The van der Waals surface area contributed by atoms with Gasteiger partial charge in [0.2, 0.25) is 11.8 Å². The smallest absolute Gasteiger partial charge is 0.244 e. The predicted octanol–water partition coefficient (Wildman–Crippen LogP) is 3.17. The summed E-state index contributed by atoms with van der Waals surface area (Å²) in [6.07, 6.45) is 2.45. The summed E-state index contributed by atoms with van der Waals surface area (Å²) >= 11 is 12.1. The second-order valence-corrected chi connectivity index (χ2v) is 6.76. The quantitative estimate of drug-likeness (QED) is 0.773. The summed E-state index contributed by atoms with van der Waals surface area (Å²) in [7, 11) is 0. The first-order valence-electron chi connectivity index (χ1n) is 8.23. The largest absolute Gasteiger partial charge is 0.334 e. The van der Waals surface area contributed by atoms with Gasteiger partial charge in [-0.15, -0.1) is 0 Å². The normalized spacial score (nSPS) is 16.9. The molecule has 1 aliphatic heterocycles. The molecule has 1 heterocycles. The van der Waals surface area contributed by atoms with Crippen molar-refractivity contribution in [2.75, 3.05) is 31.5 Å². The molecule has 0 bridgehead atoms. The Morgan fingerprint density at radius 2 is 2.04 bits per heavy atom. The van der Waals surface area contributed by atoms with Gasteiger partial charge >= 0.3 is 0 Å². The maximum Gasteiger partial charge on any atom is 0.244 e. The minimum atomic E-state index is -0.303. The van der Waals surface area contributed by atoms with E-state index >= 15 is 0 Å². The van der Waals surface area contributed by atoms with Gasteiger partial charge in [0.1, 0.15) is 0 Å². The Balaban J connectivity index is 1.86. The van der Waals surface area contributed by atoms with Gasteiger partial charge in [0.25, 0.3) is 0 Å². The standard InChI is InChI=1S/C17H23Cl2N3O2/c1-2-22(16(24)7-6-12-8-9-20-10-12)11-15(23)21-17-13(18)4-3-5-14(17)19/h3-5,12,20H,2,6-11H2,1H3,(H,21,23). The molecule has 0 aliphatic carbocycles. The number of nitrogens with zero attached hydrogens (tertiary/aromatic N) is 1. The number of hydrogen-bond acceptors (Lipinski definition) is 3. The van der Waals surface area contributed by atoms with Crippen molar-refractivity contribution in [3.8, 4) is 0 Å². The molecule has 5 nitrogen and oxygen atoms in total. The summed E-state index contributed by atoms with van der Waals surface area (Å²) in [5.74, 6) is 0.260. The van der Waals surface area contributed by atoms with Crippen molar-refractivity contribution in [3.63, 3.8) is 0 Å². The van der Waals surface area contributed by atoms with Crippen LogP contribution in [-0.2, 0) is 9.59 Å². The minimum absolute atomic E-state index is 0.000196. The molecular weight excluding hydrogens is 349 g/mol. The number of rotatable bonds is 7. The molecule has 1 saturated heterocycles. The summed E-state index contributed by atoms with van der Waals surface area (Å²) in [6, 6.07) is 5.02. The average molecular weight is 372 g/mol. The highest BCUT2D eigenvalue weighted by atomic mass is 35.5. The van der Waals surface area contributed by atoms with Gasteiger partial charge in [-0.3, -0.25) is 9.59 Å². The molecule has 2 N–H and O–H groups in total. The molecule has 1 aliphatic rings. The molecule has 7 heteroatoms. The van der Waals surface area contributed by atoms with Crippen molar-refractivity contribution in [3.05, 3.63) is 28.2 Å². The van der Waals surface area contributed by atoms with Crippen LogP contribution in [0.15, 0.2) is 18.2 Å². The Bertz CT molecular complexity index is 569. The predicted molar refractivity (Wildman–Crippen MR) is 97.6 cm³/mol. The van der Waals surface area contributed by atoms with Gasteiger partial charge in [0.15, 0.2) is 0 Å². The molecule has 1 unspecified atom stereocenters. The van der Waals surface area contributed by atoms with Crippen LogP contribution >= 0.6 is 23.2 Å². The Labute approximate surface area is 152 Å². The van der Waals surface area contributed by atoms with Crippen molar-refractivity contribution >= 4 is 40.7 Å². The fraction of sp³-hybridized carbons (Fsp3) is 0.529. The van der Waals surface area contributed by atoms with Gasteiger partial charge in [0, 0.05) is 13.0 Å². The second-order valence-electron chi connectivity index (χ2n) is 5.95. The average Bonchev–Trinajstić information content (AvgIpc) is 3.07. The van der Waals surface area contributed by atoms with Crippen molar-refractivity contribution < 1.29 is 9.59 Å². The molecule has 0 aromatic heterocycles. The van der Waals surface area contributed by atoms with Crippen molar-refractivity contribution in [2.24, 2.45) is 5.92 Å². The minimum Gasteiger partial charge on any atom is -0.334 e. The summed E-state index contributed by atoms with van der Waals surface area (Å²) in [5, 5.41) is 6.73. The van der Waals surface area contributed by atoms with Gasteiger partial charge < -0.3 is 15.5 Å². The molecular formula is C17H23Cl2N3O2. The third-order valence-electron chi connectivity index (χ3n) is 4.22. The summed E-state index contributed by atoms with van der Waals surface area (Å²) in [4.78, 5) is 26.1. The lowest BCUT2D eigenvalue weighted by Gasteiger charge is -2.21. The van der Waals surface area contributed by atoms with Crippen LogP contribution in [0.5, 0.6) is 0 Å². The molecule has 1 aromatic carbocycles. The number of hydrogen-bond donors (Lipinski definition) is 2. The van der Waals surface area contributed by atoms with E-state index in [1.165, 1.54) is 0 Å². The van der Waals surface area contributed by atoms with Gasteiger partial charge in [-0.25, -0.2) is 0 Å². The van der Waals surface area contributed by atoms with Crippen LogP contribution in [0.4, 0.5) is 5.69 Å². The van der Waals surface area contributed by atoms with E-state index in [-0.39, 0.29) is 18.4 Å². The summed E-state index contributed by atoms with van der Waals surface area (Å²) < 4.78 is 0. The number of anilines is 1. The van der Waals surface area contributed by atoms with Crippen LogP contribution in [0, 0.1) is 5.92 Å². The maximum atomic E-state index is 12.3. The number of likely N-dealkylation sites (N-methyl/N-ethyl adjacent to an activating group) is 1. The molecule has 2 amide bonds. The maximum absolute atomic E-state index is 12.3. The topological polar surface area (TPSA) is 61.4 Å². The van der Waals surface area contributed by atoms with Crippen molar-refractivity contribution in [2.45, 2.75) is 26.2 Å². The Kier molecular flexibility index (Phi) is 7.34. The molecule has 24 heavy (non-hydrogen) atoms. The monoisotopic (exact) mass is 371 g/mol. The zero-order valence-electron chi connectivity index (χ0n) is 13.8. The Hall–Kier alpha value is -1.30. The van der Waals surface area contributed by atoms with Gasteiger partial charge in [0.05, 0.1) is 22.3 Å². The molecule has 0 saturated carbocycles. The summed E-state index contributed by atoms with van der Waals surface area (Å²) in [5.41, 5.74) is 0.381. The van der Waals surface area contributed by atoms with Crippen LogP contribution in [-0.4, -0.2) is 42.9 Å². The molecule has 132 valence electrons. The van der Waals surface area contributed by atoms with Gasteiger partial charge in [-0.1, -0.05) is 29.3 Å². The van der Waals surface area contributed by atoms with Gasteiger partial charge in [-0.05, 0) is 50.9 Å². The number of benzene rings is 1. The van der Waals surface area contributed by atoms with Crippen LogP contribution in [0.25, 0.3) is 0 Å². The lowest BCUT2D eigenvalue weighted by molar-refractivity contribution is -0.134. The van der Waals surface area contributed by atoms with Crippen LogP contribution in [0.3, 0.4) is 0 Å². The number of halogens is 2. The van der Waals surface area contributed by atoms with Crippen LogP contribution in [0.1, 0.15) is 26.2 Å². The lowest BCUT2D eigenvalue weighted by Crippen LogP contribution is -2.38. The lowest BCUT2D eigenvalue weighted by atomic mass is 10.0. The van der Waals surface area contributed by atoms with Gasteiger partial charge in [-0.2, -0.15) is 0 Å². The first-order chi connectivity index (χ1) is 11.5. The van der Waals surface area contributed by atoms with E-state index < -0.39 is 0 Å². The first-order valence-corrected chi connectivity index (χ1v) is 8.99. The van der Waals surface area contributed by atoms with E-state index in [4.69, 9.17) is 23.2 Å². The van der Waals surface area contributed by atoms with Crippen LogP contribution in [0.2, 0.25) is 10.0 Å². The first kappa shape index (κ1) is 19.0. The van der Waals surface area contributed by atoms with E-state index in [9.17, 15) is 9.59 Å². The summed E-state index contributed by atoms with van der Waals surface area (Å²) in [6.45, 7) is 4.36. The zero-order chi connectivity index (χ0) is 17.5. The van der Waals surface area contributed by atoms with E-state index in [0.717, 1.165) is 25.9 Å². The molecule has 1 fully saturated rings. The van der Waals surface area contributed by atoms with E-state index in [1.54, 1.807) is 23.1 Å². The number of carbonyl (C=O) groups excluding carboxylic acids is 2. The number of carbonyl (C=O) groups is 2. The van der Waals surface area contributed by atoms with Crippen molar-refractivity contribution in [1.29, 1.82) is 0 Å². The third-order valence-corrected chi connectivity index (χ3v) is 4.85. The van der Waals surface area contributed by atoms with E-state index in [1.807, 2.05) is 6.92 Å². The number of para-hydroxylation sites is 1. The van der Waals surface area contributed by atoms with Crippen LogP contribution < -0.4 is 10.6 Å². The Morgan fingerprint density at radius 1 is 1.33 bits per heavy atom. The van der Waals surface area contributed by atoms with E-state index in [2.05, 4.69) is 10.6 Å². The highest BCUT2D eigenvalue weighted by Crippen LogP contribution is 2.29. The molecule has 1 aromatic rings. The zero-order valence-corrected chi connectivity index (χ0v) is 15.3. The molecule has 0 spiro atoms. The van der Waals surface area contributed by atoms with Crippen molar-refractivity contribution in [1.82, 2.24) is 10.2 Å². The SMILES string of the molecule is CCN(CC(=O)Nc1c(Cl)cccc1Cl)C(=O)CCC1CCNC1. The fourth-order valence-electron chi connectivity index (χ4n) is 2.79. The molecule has 2 rings (SSSR count). The molecule has 0 radical (unpaired) electrons.